The second kappa shape index (κ2) is 4.47. The van der Waals surface area contributed by atoms with Crippen LogP contribution in [0.25, 0.3) is 0 Å². The number of alkyl halides is 3. The van der Waals surface area contributed by atoms with Crippen LogP contribution < -0.4 is 0 Å². The third-order valence-corrected chi connectivity index (χ3v) is 2.87. The Labute approximate surface area is 97.6 Å². The molecule has 1 aromatic heterocycles. The van der Waals surface area contributed by atoms with Crippen LogP contribution in [0, 0.1) is 5.92 Å². The topological polar surface area (TPSA) is 25.2 Å². The van der Waals surface area contributed by atoms with Gasteiger partial charge in [0.25, 0.3) is 0 Å². The van der Waals surface area contributed by atoms with Crippen molar-refractivity contribution in [3.05, 3.63) is 29.6 Å². The van der Waals surface area contributed by atoms with E-state index in [1.165, 1.54) is 6.20 Å². The zero-order valence-electron chi connectivity index (χ0n) is 9.46. The number of hydrogen-bond acceptors (Lipinski definition) is 2. The monoisotopic (exact) mass is 242 g/mol. The van der Waals surface area contributed by atoms with E-state index in [9.17, 15) is 13.2 Å². The summed E-state index contributed by atoms with van der Waals surface area (Å²) in [5, 5.41) is 0. The minimum Gasteiger partial charge on any atom is -0.289 e. The van der Waals surface area contributed by atoms with Crippen molar-refractivity contribution in [3.8, 4) is 0 Å². The van der Waals surface area contributed by atoms with Gasteiger partial charge in [0.05, 0.1) is 5.56 Å². The predicted octanol–water partition coefficient (Wildman–Crippen LogP) is 3.32. The van der Waals surface area contributed by atoms with E-state index in [-0.39, 0.29) is 0 Å². The Bertz CT molecular complexity index is 438. The quantitative estimate of drug-likeness (QED) is 0.741. The van der Waals surface area contributed by atoms with Gasteiger partial charge >= 0.3 is 6.18 Å². The summed E-state index contributed by atoms with van der Waals surface area (Å²) in [6, 6.07) is 1.13. The van der Waals surface area contributed by atoms with Gasteiger partial charge in [0.15, 0.2) is 0 Å². The second-order valence-electron chi connectivity index (χ2n) is 4.39. The van der Waals surface area contributed by atoms with Gasteiger partial charge < -0.3 is 0 Å². The van der Waals surface area contributed by atoms with E-state index in [0.29, 0.717) is 18.0 Å². The third kappa shape index (κ3) is 2.84. The van der Waals surface area contributed by atoms with Crippen LogP contribution in [0.15, 0.2) is 23.5 Å². The van der Waals surface area contributed by atoms with Crippen LogP contribution in [0.5, 0.6) is 0 Å². The molecule has 0 bridgehead atoms. The number of hydrogen-bond donors (Lipinski definition) is 0. The summed E-state index contributed by atoms with van der Waals surface area (Å²) in [4.78, 5) is 7.96. The van der Waals surface area contributed by atoms with Gasteiger partial charge in [0.2, 0.25) is 0 Å². The molecule has 0 saturated heterocycles. The summed E-state index contributed by atoms with van der Waals surface area (Å²) < 4.78 is 37.6. The van der Waals surface area contributed by atoms with Gasteiger partial charge in [-0.25, -0.2) is 0 Å². The van der Waals surface area contributed by atoms with Crippen molar-refractivity contribution < 1.29 is 13.2 Å². The first-order valence-electron chi connectivity index (χ1n) is 5.53. The van der Waals surface area contributed by atoms with E-state index in [4.69, 9.17) is 0 Å². The molecule has 1 aliphatic heterocycles. The molecule has 2 nitrogen and oxygen atoms in total. The van der Waals surface area contributed by atoms with Crippen molar-refractivity contribution in [2.75, 3.05) is 6.54 Å². The fourth-order valence-corrected chi connectivity index (χ4v) is 1.81. The first-order chi connectivity index (χ1) is 7.97. The predicted molar refractivity (Wildman–Crippen MR) is 59.0 cm³/mol. The van der Waals surface area contributed by atoms with Crippen LogP contribution in [-0.2, 0) is 6.18 Å². The van der Waals surface area contributed by atoms with Crippen LogP contribution in [0.2, 0.25) is 0 Å². The molecule has 1 aliphatic rings. The molecular formula is C12H13F3N2. The number of rotatable bonds is 1. The van der Waals surface area contributed by atoms with Crippen LogP contribution in [-0.4, -0.2) is 17.2 Å². The Morgan fingerprint density at radius 1 is 1.29 bits per heavy atom. The van der Waals surface area contributed by atoms with Crippen LogP contribution in [0.1, 0.15) is 30.9 Å². The van der Waals surface area contributed by atoms with Crippen molar-refractivity contribution in [1.82, 2.24) is 4.98 Å². The third-order valence-electron chi connectivity index (χ3n) is 2.87. The molecule has 1 aromatic rings. The number of pyridine rings is 1. The van der Waals surface area contributed by atoms with Gasteiger partial charge in [-0.3, -0.25) is 9.98 Å². The summed E-state index contributed by atoms with van der Waals surface area (Å²) in [5.41, 5.74) is 0.518. The Morgan fingerprint density at radius 3 is 2.65 bits per heavy atom. The van der Waals surface area contributed by atoms with Crippen LogP contribution in [0.4, 0.5) is 13.2 Å². The number of aromatic nitrogens is 1. The molecule has 0 N–H and O–H groups in total. The average Bonchev–Trinajstić information content (AvgIpc) is 2.29. The van der Waals surface area contributed by atoms with E-state index in [1.807, 2.05) is 0 Å². The molecule has 0 amide bonds. The Morgan fingerprint density at radius 2 is 2.06 bits per heavy atom. The van der Waals surface area contributed by atoms with Gasteiger partial charge in [-0.2, -0.15) is 13.2 Å². The highest BCUT2D eigenvalue weighted by atomic mass is 19.4. The summed E-state index contributed by atoms with van der Waals surface area (Å²) in [5.74, 6) is 0.512. The molecule has 2 rings (SSSR count). The lowest BCUT2D eigenvalue weighted by atomic mass is 9.96. The van der Waals surface area contributed by atoms with E-state index in [0.717, 1.165) is 30.8 Å². The largest absolute Gasteiger partial charge is 0.417 e. The number of nitrogens with zero attached hydrogens (tertiary/aromatic N) is 2. The van der Waals surface area contributed by atoms with E-state index in [1.54, 1.807) is 0 Å². The van der Waals surface area contributed by atoms with E-state index >= 15 is 0 Å². The standard InChI is InChI=1S/C12H13F3N2/c1-8-2-3-11(17-5-8)9-4-10(7-16-6-9)12(13,14)15/h4,6-8H,2-3,5H2,1H3. The minimum atomic E-state index is -4.34. The van der Waals surface area contributed by atoms with Crippen molar-refractivity contribution in [2.24, 2.45) is 10.9 Å². The fraction of sp³-hybridized carbons (Fsp3) is 0.500. The molecule has 5 heteroatoms. The molecule has 1 atom stereocenters. The molecule has 92 valence electrons. The van der Waals surface area contributed by atoms with Crippen LogP contribution in [0.3, 0.4) is 0 Å². The zero-order valence-corrected chi connectivity index (χ0v) is 9.46. The normalized spacial score (nSPS) is 21.2. The maximum Gasteiger partial charge on any atom is 0.417 e. The van der Waals surface area contributed by atoms with E-state index < -0.39 is 11.7 Å². The second-order valence-corrected chi connectivity index (χ2v) is 4.39. The Kier molecular flexibility index (Phi) is 3.17. The van der Waals surface area contributed by atoms with Crippen molar-refractivity contribution in [3.63, 3.8) is 0 Å². The number of halogens is 3. The van der Waals surface area contributed by atoms with Gasteiger partial charge in [-0.05, 0) is 24.8 Å². The van der Waals surface area contributed by atoms with Gasteiger partial charge in [0.1, 0.15) is 0 Å². The van der Waals surface area contributed by atoms with Gasteiger partial charge in [-0.15, -0.1) is 0 Å². The highest BCUT2D eigenvalue weighted by Gasteiger charge is 2.31. The van der Waals surface area contributed by atoms with E-state index in [2.05, 4.69) is 16.9 Å². The summed E-state index contributed by atoms with van der Waals surface area (Å²) in [6.45, 7) is 2.77. The van der Waals surface area contributed by atoms with Crippen molar-refractivity contribution >= 4 is 5.71 Å². The number of aliphatic imine (C=N–C) groups is 1. The maximum atomic E-state index is 12.5. The Hall–Kier alpha value is -1.39. The minimum absolute atomic E-state index is 0.492. The summed E-state index contributed by atoms with van der Waals surface area (Å²) in [7, 11) is 0. The SMILES string of the molecule is CC1CCC(c2cncc(C(F)(F)F)c2)=NC1. The van der Waals surface area contributed by atoms with Crippen molar-refractivity contribution in [1.29, 1.82) is 0 Å². The molecule has 0 aromatic carbocycles. The zero-order chi connectivity index (χ0) is 12.5. The first kappa shape index (κ1) is 12.1. The maximum absolute atomic E-state index is 12.5. The molecular weight excluding hydrogens is 229 g/mol. The summed E-state index contributed by atoms with van der Waals surface area (Å²) in [6.07, 6.45) is -0.357. The summed E-state index contributed by atoms with van der Waals surface area (Å²) >= 11 is 0. The lowest BCUT2D eigenvalue weighted by Gasteiger charge is -2.18. The highest BCUT2D eigenvalue weighted by molar-refractivity contribution is 6.00. The molecule has 0 aliphatic carbocycles. The first-order valence-corrected chi connectivity index (χ1v) is 5.53. The highest BCUT2D eigenvalue weighted by Crippen LogP contribution is 2.29. The van der Waals surface area contributed by atoms with Gasteiger partial charge in [0, 0.05) is 30.2 Å². The molecule has 0 radical (unpaired) electrons. The lowest BCUT2D eigenvalue weighted by molar-refractivity contribution is -0.137. The molecule has 2 heterocycles. The molecule has 17 heavy (non-hydrogen) atoms. The van der Waals surface area contributed by atoms with Crippen molar-refractivity contribution in [2.45, 2.75) is 25.9 Å². The van der Waals surface area contributed by atoms with Gasteiger partial charge in [-0.1, -0.05) is 6.92 Å². The molecule has 0 spiro atoms. The molecule has 0 saturated carbocycles. The smallest absolute Gasteiger partial charge is 0.289 e. The Balaban J connectivity index is 2.28. The molecule has 0 fully saturated rings. The van der Waals surface area contributed by atoms with Crippen LogP contribution >= 0.6 is 0 Å². The molecule has 1 unspecified atom stereocenters. The lowest BCUT2D eigenvalue weighted by Crippen LogP contribution is -2.15. The average molecular weight is 242 g/mol. The fourth-order valence-electron chi connectivity index (χ4n) is 1.81.